The topological polar surface area (TPSA) is 0 Å². The lowest BCUT2D eigenvalue weighted by Crippen LogP contribution is -2.40. The van der Waals surface area contributed by atoms with Crippen molar-refractivity contribution >= 4 is 0 Å². The fraction of sp³-hybridized carbons (Fsp3) is 0.933. The van der Waals surface area contributed by atoms with E-state index in [1.54, 1.807) is 0 Å². The van der Waals surface area contributed by atoms with Crippen LogP contribution in [0.25, 0.3) is 0 Å². The molecule has 6 heteroatoms. The van der Waals surface area contributed by atoms with Gasteiger partial charge in [0.15, 0.2) is 0 Å². The van der Waals surface area contributed by atoms with Gasteiger partial charge >= 0.3 is 0 Å². The maximum Gasteiger partial charge on any atom is 0.251 e. The summed E-state index contributed by atoms with van der Waals surface area (Å²) in [7, 11) is 0. The molecular formula is C15H21F6. The van der Waals surface area contributed by atoms with Crippen LogP contribution in [0.1, 0.15) is 57.8 Å². The minimum Gasteiger partial charge on any atom is -0.210 e. The Morgan fingerprint density at radius 2 is 1.52 bits per heavy atom. The Balaban J connectivity index is 1.99. The zero-order chi connectivity index (χ0) is 15.7. The molecule has 2 aliphatic carbocycles. The summed E-state index contributed by atoms with van der Waals surface area (Å²) in [4.78, 5) is 0. The summed E-state index contributed by atoms with van der Waals surface area (Å²) >= 11 is 0. The van der Waals surface area contributed by atoms with Gasteiger partial charge in [0.1, 0.15) is 0 Å². The molecule has 1 radical (unpaired) electrons. The quantitative estimate of drug-likeness (QED) is 0.569. The second kappa shape index (κ2) is 6.37. The molecule has 2 aliphatic rings. The Bertz CT molecular complexity index is 331. The fourth-order valence-corrected chi connectivity index (χ4v) is 3.57. The number of halogens is 6. The molecule has 0 amide bonds. The lowest BCUT2D eigenvalue weighted by Gasteiger charge is -2.38. The highest BCUT2D eigenvalue weighted by Gasteiger charge is 2.49. The fourth-order valence-electron chi connectivity index (χ4n) is 3.57. The summed E-state index contributed by atoms with van der Waals surface area (Å²) in [6.07, 6.45) is -2.77. The van der Waals surface area contributed by atoms with E-state index in [4.69, 9.17) is 0 Å². The number of hydrogen-bond acceptors (Lipinski definition) is 0. The van der Waals surface area contributed by atoms with Crippen LogP contribution >= 0.6 is 0 Å². The van der Waals surface area contributed by atoms with Crippen LogP contribution in [-0.2, 0) is 0 Å². The van der Waals surface area contributed by atoms with Crippen LogP contribution in [0.2, 0.25) is 0 Å². The predicted octanol–water partition coefficient (Wildman–Crippen LogP) is 5.87. The molecule has 0 saturated heterocycles. The van der Waals surface area contributed by atoms with Crippen molar-refractivity contribution < 1.29 is 26.3 Å². The van der Waals surface area contributed by atoms with Crippen LogP contribution in [0.4, 0.5) is 26.3 Å². The zero-order valence-corrected chi connectivity index (χ0v) is 11.9. The van der Waals surface area contributed by atoms with Crippen molar-refractivity contribution in [1.82, 2.24) is 0 Å². The third-order valence-electron chi connectivity index (χ3n) is 4.85. The molecule has 2 rings (SSSR count). The lowest BCUT2D eigenvalue weighted by atomic mass is 9.71. The normalized spacial score (nSPS) is 30.0. The van der Waals surface area contributed by atoms with Crippen molar-refractivity contribution in [1.29, 1.82) is 0 Å². The van der Waals surface area contributed by atoms with E-state index in [1.807, 2.05) is 0 Å². The lowest BCUT2D eigenvalue weighted by molar-refractivity contribution is -0.0958. The largest absolute Gasteiger partial charge is 0.251 e. The zero-order valence-electron chi connectivity index (χ0n) is 11.9. The molecule has 0 bridgehead atoms. The van der Waals surface area contributed by atoms with Gasteiger partial charge < -0.3 is 0 Å². The van der Waals surface area contributed by atoms with Crippen LogP contribution in [0, 0.1) is 17.8 Å². The Labute approximate surface area is 121 Å². The molecule has 123 valence electrons. The van der Waals surface area contributed by atoms with Gasteiger partial charge in [0.05, 0.1) is 5.92 Å². The molecule has 21 heavy (non-hydrogen) atoms. The van der Waals surface area contributed by atoms with E-state index in [-0.39, 0.29) is 50.9 Å². The smallest absolute Gasteiger partial charge is 0.210 e. The maximum absolute atomic E-state index is 13.9. The molecule has 2 saturated carbocycles. The standard InChI is InChI=1S/C15H21F6/c16-13(17)11(12-3-1-2-6-15(12,20)21)9-10-4-7-14(18,19)8-5-10/h10,12-13H,1-9H2. The predicted molar refractivity (Wildman–Crippen MR) is 67.7 cm³/mol. The van der Waals surface area contributed by atoms with E-state index < -0.39 is 30.1 Å². The van der Waals surface area contributed by atoms with Gasteiger partial charge in [-0.2, -0.15) is 0 Å². The molecule has 0 N–H and O–H groups in total. The van der Waals surface area contributed by atoms with Gasteiger partial charge in [-0.3, -0.25) is 0 Å². The second-order valence-corrected chi connectivity index (χ2v) is 6.44. The first-order valence-corrected chi connectivity index (χ1v) is 7.61. The van der Waals surface area contributed by atoms with E-state index in [2.05, 4.69) is 0 Å². The molecule has 0 heterocycles. The Kier molecular flexibility index (Phi) is 5.14. The highest BCUT2D eigenvalue weighted by atomic mass is 19.3. The van der Waals surface area contributed by atoms with Gasteiger partial charge in [0.25, 0.3) is 5.92 Å². The molecule has 1 atom stereocenters. The van der Waals surface area contributed by atoms with E-state index in [0.29, 0.717) is 12.8 Å². The third kappa shape index (κ3) is 4.28. The van der Waals surface area contributed by atoms with Crippen LogP contribution < -0.4 is 0 Å². The Hall–Kier alpha value is -0.420. The molecule has 0 aromatic heterocycles. The van der Waals surface area contributed by atoms with Crippen molar-refractivity contribution in [3.05, 3.63) is 5.92 Å². The summed E-state index contributed by atoms with van der Waals surface area (Å²) in [6.45, 7) is 0. The first-order valence-electron chi connectivity index (χ1n) is 7.61. The average molecular weight is 315 g/mol. The summed E-state index contributed by atoms with van der Waals surface area (Å²) in [6, 6.07) is 0. The summed E-state index contributed by atoms with van der Waals surface area (Å²) in [5, 5.41) is 0. The summed E-state index contributed by atoms with van der Waals surface area (Å²) in [5.41, 5.74) is 0. The van der Waals surface area contributed by atoms with E-state index in [0.717, 1.165) is 0 Å². The first-order chi connectivity index (χ1) is 9.71. The highest BCUT2D eigenvalue weighted by molar-refractivity contribution is 5.07. The molecule has 0 nitrogen and oxygen atoms in total. The molecule has 0 aliphatic heterocycles. The SMILES string of the molecule is FC(F)[C](CC1CCC(F)(F)CC1)C1CCCCC1(F)F. The third-order valence-corrected chi connectivity index (χ3v) is 4.85. The molecule has 0 aromatic carbocycles. The highest BCUT2D eigenvalue weighted by Crippen LogP contribution is 2.49. The van der Waals surface area contributed by atoms with Gasteiger partial charge in [-0.15, -0.1) is 0 Å². The number of hydrogen-bond donors (Lipinski definition) is 0. The average Bonchev–Trinajstić information content (AvgIpc) is 2.37. The molecular weight excluding hydrogens is 294 g/mol. The van der Waals surface area contributed by atoms with Crippen molar-refractivity contribution in [2.75, 3.05) is 0 Å². The van der Waals surface area contributed by atoms with Crippen LogP contribution in [0.5, 0.6) is 0 Å². The van der Waals surface area contributed by atoms with E-state index >= 15 is 0 Å². The molecule has 2 fully saturated rings. The monoisotopic (exact) mass is 315 g/mol. The van der Waals surface area contributed by atoms with Gasteiger partial charge in [-0.25, -0.2) is 26.3 Å². The Morgan fingerprint density at radius 3 is 2.05 bits per heavy atom. The molecule has 0 aromatic rings. The maximum atomic E-state index is 13.9. The number of rotatable bonds is 4. The minimum absolute atomic E-state index is 0.0789. The van der Waals surface area contributed by atoms with Crippen molar-refractivity contribution in [3.8, 4) is 0 Å². The van der Waals surface area contributed by atoms with E-state index in [1.165, 1.54) is 0 Å². The van der Waals surface area contributed by atoms with Crippen LogP contribution in [0.3, 0.4) is 0 Å². The second-order valence-electron chi connectivity index (χ2n) is 6.44. The van der Waals surface area contributed by atoms with Crippen molar-refractivity contribution in [2.24, 2.45) is 11.8 Å². The molecule has 0 spiro atoms. The van der Waals surface area contributed by atoms with Gasteiger partial charge in [-0.1, -0.05) is 6.42 Å². The Morgan fingerprint density at radius 1 is 0.905 bits per heavy atom. The minimum atomic E-state index is -3.08. The first kappa shape index (κ1) is 16.9. The van der Waals surface area contributed by atoms with Gasteiger partial charge in [0.2, 0.25) is 12.3 Å². The summed E-state index contributed by atoms with van der Waals surface area (Å²) < 4.78 is 80.3. The van der Waals surface area contributed by atoms with E-state index in [9.17, 15) is 26.3 Å². The van der Waals surface area contributed by atoms with Crippen LogP contribution in [-0.4, -0.2) is 18.3 Å². The summed E-state index contributed by atoms with van der Waals surface area (Å²) in [5.74, 6) is -7.91. The van der Waals surface area contributed by atoms with Crippen LogP contribution in [0.15, 0.2) is 0 Å². The van der Waals surface area contributed by atoms with Crippen molar-refractivity contribution in [2.45, 2.75) is 76.1 Å². The van der Waals surface area contributed by atoms with Gasteiger partial charge in [0, 0.05) is 25.2 Å². The van der Waals surface area contributed by atoms with Crippen molar-refractivity contribution in [3.63, 3.8) is 0 Å². The molecule has 1 unspecified atom stereocenters. The number of alkyl halides is 6. The van der Waals surface area contributed by atoms with Gasteiger partial charge in [-0.05, 0) is 38.0 Å².